The number of non-ortho nitro benzene ring substituents is 1. The highest BCUT2D eigenvalue weighted by molar-refractivity contribution is 5.95. The lowest BCUT2D eigenvalue weighted by molar-refractivity contribution is -0.384. The summed E-state index contributed by atoms with van der Waals surface area (Å²) in [5, 5.41) is 11.3. The van der Waals surface area contributed by atoms with E-state index in [-0.39, 0.29) is 23.8 Å². The van der Waals surface area contributed by atoms with Crippen LogP contribution in [0.1, 0.15) is 38.7 Å². The number of carbonyl (C=O) groups excluding carboxylic acids is 1. The van der Waals surface area contributed by atoms with Gasteiger partial charge in [-0.05, 0) is 72.9 Å². The summed E-state index contributed by atoms with van der Waals surface area (Å²) in [6.07, 6.45) is 0.608. The largest absolute Gasteiger partial charge is 0.493 e. The zero-order chi connectivity index (χ0) is 25.1. The molecule has 1 atom stereocenters. The van der Waals surface area contributed by atoms with Crippen LogP contribution in [0.25, 0.3) is 0 Å². The Morgan fingerprint density at radius 3 is 2.37 bits per heavy atom. The maximum absolute atomic E-state index is 13.6. The molecule has 1 heterocycles. The Hall–Kier alpha value is -4.07. The first-order valence-electron chi connectivity index (χ1n) is 11.3. The summed E-state index contributed by atoms with van der Waals surface area (Å²) < 4.78 is 17.2. The molecule has 182 valence electrons. The van der Waals surface area contributed by atoms with Gasteiger partial charge in [-0.1, -0.05) is 12.1 Å². The van der Waals surface area contributed by atoms with E-state index < -0.39 is 11.0 Å². The molecule has 8 heteroatoms. The number of fused-ring (bicyclic) bond motifs is 1. The summed E-state index contributed by atoms with van der Waals surface area (Å²) in [6.45, 7) is 4.66. The van der Waals surface area contributed by atoms with E-state index in [1.54, 1.807) is 25.2 Å². The van der Waals surface area contributed by atoms with Gasteiger partial charge in [0.1, 0.15) is 12.4 Å². The lowest BCUT2D eigenvalue weighted by atomic mass is 9.91. The van der Waals surface area contributed by atoms with E-state index in [0.29, 0.717) is 24.5 Å². The molecule has 0 bridgehead atoms. The predicted molar refractivity (Wildman–Crippen MR) is 132 cm³/mol. The molecule has 0 spiro atoms. The molecule has 0 unspecified atom stereocenters. The number of rotatable bonds is 7. The Bertz CT molecular complexity index is 1250. The van der Waals surface area contributed by atoms with Gasteiger partial charge in [0.25, 0.3) is 11.6 Å². The first kappa shape index (κ1) is 24.1. The second-order valence-corrected chi connectivity index (χ2v) is 8.61. The quantitative estimate of drug-likeness (QED) is 0.350. The summed E-state index contributed by atoms with van der Waals surface area (Å²) in [7, 11) is 3.16. The molecule has 35 heavy (non-hydrogen) atoms. The molecule has 3 aromatic carbocycles. The molecule has 1 amide bonds. The van der Waals surface area contributed by atoms with E-state index >= 15 is 0 Å². The highest BCUT2D eigenvalue weighted by Gasteiger charge is 2.34. The minimum absolute atomic E-state index is 0.122. The van der Waals surface area contributed by atoms with Crippen molar-refractivity contribution in [2.24, 2.45) is 0 Å². The number of aryl methyl sites for hydroxylation is 2. The molecule has 1 aliphatic heterocycles. The molecule has 0 saturated carbocycles. The van der Waals surface area contributed by atoms with Gasteiger partial charge in [0.2, 0.25) is 0 Å². The number of hydrogen-bond acceptors (Lipinski definition) is 6. The van der Waals surface area contributed by atoms with Gasteiger partial charge >= 0.3 is 0 Å². The predicted octanol–water partition coefficient (Wildman–Crippen LogP) is 5.05. The van der Waals surface area contributed by atoms with Crippen molar-refractivity contribution in [2.75, 3.05) is 27.4 Å². The smallest absolute Gasteiger partial charge is 0.270 e. The molecule has 0 fully saturated rings. The van der Waals surface area contributed by atoms with Gasteiger partial charge < -0.3 is 19.1 Å². The van der Waals surface area contributed by atoms with Crippen LogP contribution in [0.3, 0.4) is 0 Å². The van der Waals surface area contributed by atoms with Gasteiger partial charge in [-0.25, -0.2) is 0 Å². The Labute approximate surface area is 204 Å². The van der Waals surface area contributed by atoms with Crippen molar-refractivity contribution in [1.29, 1.82) is 0 Å². The number of hydrogen-bond donors (Lipinski definition) is 0. The van der Waals surface area contributed by atoms with Crippen molar-refractivity contribution in [1.82, 2.24) is 4.90 Å². The first-order valence-corrected chi connectivity index (χ1v) is 11.3. The number of amides is 1. The van der Waals surface area contributed by atoms with Gasteiger partial charge in [-0.2, -0.15) is 0 Å². The van der Waals surface area contributed by atoms with Crippen LogP contribution >= 0.6 is 0 Å². The number of nitro groups is 1. The van der Waals surface area contributed by atoms with Crippen LogP contribution < -0.4 is 14.2 Å². The SMILES string of the molecule is COc1cc2c(cc1OC)[C@H](COc1cc(C)cc(C)c1)N(C(=O)c1cccc([N+](=O)[O-])c1)CC2. The second kappa shape index (κ2) is 10.0. The first-order chi connectivity index (χ1) is 16.8. The molecule has 0 radical (unpaired) electrons. The summed E-state index contributed by atoms with van der Waals surface area (Å²) in [5.74, 6) is 1.62. The van der Waals surface area contributed by atoms with E-state index in [9.17, 15) is 14.9 Å². The van der Waals surface area contributed by atoms with Crippen LogP contribution in [-0.4, -0.2) is 43.1 Å². The fourth-order valence-electron chi connectivity index (χ4n) is 4.56. The van der Waals surface area contributed by atoms with Gasteiger partial charge in [0, 0.05) is 24.2 Å². The number of nitrogens with zero attached hydrogens (tertiary/aromatic N) is 2. The van der Waals surface area contributed by atoms with Gasteiger partial charge in [-0.3, -0.25) is 14.9 Å². The standard InChI is InChI=1S/C27H28N2O6/c1-17-10-18(2)12-22(11-17)35-16-24-23-15-26(34-4)25(33-3)14-19(23)8-9-28(24)27(30)20-6-5-7-21(13-20)29(31)32/h5-7,10-15,24H,8-9,16H2,1-4H3/t24-/m0/s1. The summed E-state index contributed by atoms with van der Waals surface area (Å²) >= 11 is 0. The van der Waals surface area contributed by atoms with Crippen molar-refractivity contribution in [3.8, 4) is 17.2 Å². The third-order valence-electron chi connectivity index (χ3n) is 6.17. The molecule has 0 saturated heterocycles. The maximum atomic E-state index is 13.6. The third-order valence-corrected chi connectivity index (χ3v) is 6.17. The minimum Gasteiger partial charge on any atom is -0.493 e. The third kappa shape index (κ3) is 5.06. The maximum Gasteiger partial charge on any atom is 0.270 e. The highest BCUT2D eigenvalue weighted by Crippen LogP contribution is 2.39. The van der Waals surface area contributed by atoms with Crippen molar-refractivity contribution in [3.05, 3.63) is 92.5 Å². The summed E-state index contributed by atoms with van der Waals surface area (Å²) in [4.78, 5) is 26.1. The van der Waals surface area contributed by atoms with Crippen molar-refractivity contribution >= 4 is 11.6 Å². The van der Waals surface area contributed by atoms with Crippen LogP contribution in [-0.2, 0) is 6.42 Å². The Kier molecular flexibility index (Phi) is 6.91. The number of methoxy groups -OCH3 is 2. The molecule has 0 N–H and O–H groups in total. The molecule has 4 rings (SSSR count). The second-order valence-electron chi connectivity index (χ2n) is 8.61. The number of carbonyl (C=O) groups is 1. The molecule has 8 nitrogen and oxygen atoms in total. The molecule has 0 aromatic heterocycles. The molecular formula is C27H28N2O6. The average Bonchev–Trinajstić information content (AvgIpc) is 2.85. The lowest BCUT2D eigenvalue weighted by Gasteiger charge is -2.37. The Morgan fingerprint density at radius 1 is 1.03 bits per heavy atom. The van der Waals surface area contributed by atoms with E-state index in [4.69, 9.17) is 14.2 Å². The fourth-order valence-corrected chi connectivity index (χ4v) is 4.56. The topological polar surface area (TPSA) is 91.1 Å². The van der Waals surface area contributed by atoms with Crippen LogP contribution in [0.5, 0.6) is 17.2 Å². The number of benzene rings is 3. The zero-order valence-electron chi connectivity index (χ0n) is 20.2. The number of nitro benzene ring substituents is 1. The van der Waals surface area contributed by atoms with Crippen molar-refractivity contribution < 1.29 is 23.9 Å². The van der Waals surface area contributed by atoms with Crippen molar-refractivity contribution in [2.45, 2.75) is 26.3 Å². The zero-order valence-corrected chi connectivity index (χ0v) is 20.2. The van der Waals surface area contributed by atoms with E-state index in [1.165, 1.54) is 18.2 Å². The fraction of sp³-hybridized carbons (Fsp3) is 0.296. The van der Waals surface area contributed by atoms with Gasteiger partial charge in [0.05, 0.1) is 25.2 Å². The lowest BCUT2D eigenvalue weighted by Crippen LogP contribution is -2.42. The monoisotopic (exact) mass is 476 g/mol. The minimum atomic E-state index is -0.500. The molecule has 1 aliphatic rings. The number of ether oxygens (including phenoxy) is 3. The Morgan fingerprint density at radius 2 is 1.71 bits per heavy atom. The normalized spacial score (nSPS) is 14.7. The molecule has 0 aliphatic carbocycles. The van der Waals surface area contributed by atoms with E-state index in [0.717, 1.165) is 28.0 Å². The van der Waals surface area contributed by atoms with E-state index in [2.05, 4.69) is 6.07 Å². The van der Waals surface area contributed by atoms with Crippen LogP contribution in [0, 0.1) is 24.0 Å². The van der Waals surface area contributed by atoms with Crippen LogP contribution in [0.15, 0.2) is 54.6 Å². The molecular weight excluding hydrogens is 448 g/mol. The highest BCUT2D eigenvalue weighted by atomic mass is 16.6. The van der Waals surface area contributed by atoms with Gasteiger partial charge in [-0.15, -0.1) is 0 Å². The summed E-state index contributed by atoms with van der Waals surface area (Å²) in [6, 6.07) is 15.2. The average molecular weight is 477 g/mol. The summed E-state index contributed by atoms with van der Waals surface area (Å²) in [5.41, 5.74) is 4.25. The van der Waals surface area contributed by atoms with Crippen LogP contribution in [0.2, 0.25) is 0 Å². The Balaban J connectivity index is 1.73. The molecule has 3 aromatic rings. The van der Waals surface area contributed by atoms with Crippen LogP contribution in [0.4, 0.5) is 5.69 Å². The van der Waals surface area contributed by atoms with E-state index in [1.807, 2.05) is 38.1 Å². The van der Waals surface area contributed by atoms with Crippen molar-refractivity contribution in [3.63, 3.8) is 0 Å². The van der Waals surface area contributed by atoms with Gasteiger partial charge in [0.15, 0.2) is 11.5 Å².